The van der Waals surface area contributed by atoms with Gasteiger partial charge in [-0.25, -0.2) is 0 Å². The maximum absolute atomic E-state index is 6.03. The average molecular weight is 259 g/mol. The van der Waals surface area contributed by atoms with Crippen LogP contribution in [-0.2, 0) is 4.74 Å². The quantitative estimate of drug-likeness (QED) is 0.750. The Morgan fingerprint density at radius 1 is 1.06 bits per heavy atom. The monoisotopic (exact) mass is 258 g/mol. The summed E-state index contributed by atoms with van der Waals surface area (Å²) in [7, 11) is 1.80. The van der Waals surface area contributed by atoms with E-state index in [0.717, 1.165) is 12.8 Å². The molecule has 3 heteroatoms. The zero-order valence-electron chi connectivity index (χ0n) is 9.38. The fourth-order valence-corrected chi connectivity index (χ4v) is 2.70. The molecule has 0 N–H and O–H groups in total. The molecule has 0 amide bonds. The van der Waals surface area contributed by atoms with Crippen molar-refractivity contribution in [1.82, 2.24) is 0 Å². The Labute approximate surface area is 107 Å². The van der Waals surface area contributed by atoms with Crippen LogP contribution in [0.25, 0.3) is 0 Å². The van der Waals surface area contributed by atoms with E-state index in [-0.39, 0.29) is 0 Å². The molecule has 2 rings (SSSR count). The third kappa shape index (κ3) is 2.71. The van der Waals surface area contributed by atoms with Crippen LogP contribution in [0.1, 0.15) is 37.2 Å². The molecule has 0 spiro atoms. The van der Waals surface area contributed by atoms with Crippen molar-refractivity contribution in [3.05, 3.63) is 33.8 Å². The first-order valence-corrected chi connectivity index (χ1v) is 6.44. The van der Waals surface area contributed by atoms with Gasteiger partial charge in [-0.2, -0.15) is 0 Å². The highest BCUT2D eigenvalue weighted by atomic mass is 35.5. The molecule has 0 heterocycles. The van der Waals surface area contributed by atoms with E-state index >= 15 is 0 Å². The standard InChI is InChI=1S/C13H16Cl2O/c1-16-11-5-2-9(3-6-11)10-4-7-12(14)13(15)8-10/h4,7-9,11H,2-3,5-6H2,1H3. The Kier molecular flexibility index (Phi) is 4.12. The highest BCUT2D eigenvalue weighted by molar-refractivity contribution is 6.42. The van der Waals surface area contributed by atoms with Gasteiger partial charge < -0.3 is 4.74 Å². The summed E-state index contributed by atoms with van der Waals surface area (Å²) >= 11 is 11.9. The van der Waals surface area contributed by atoms with E-state index in [4.69, 9.17) is 27.9 Å². The second-order valence-electron chi connectivity index (χ2n) is 4.38. The predicted octanol–water partition coefficient (Wildman–Crippen LogP) is 4.67. The Balaban J connectivity index is 2.05. The Morgan fingerprint density at radius 3 is 2.31 bits per heavy atom. The largest absolute Gasteiger partial charge is 0.381 e. The molecule has 0 aromatic heterocycles. The molecule has 0 atom stereocenters. The number of ether oxygens (including phenoxy) is 1. The van der Waals surface area contributed by atoms with Crippen LogP contribution >= 0.6 is 23.2 Å². The molecule has 16 heavy (non-hydrogen) atoms. The highest BCUT2D eigenvalue weighted by Crippen LogP contribution is 2.36. The fourth-order valence-electron chi connectivity index (χ4n) is 2.40. The van der Waals surface area contributed by atoms with Gasteiger partial charge in [0.25, 0.3) is 0 Å². The van der Waals surface area contributed by atoms with Crippen LogP contribution in [0.4, 0.5) is 0 Å². The van der Waals surface area contributed by atoms with Crippen molar-refractivity contribution in [2.45, 2.75) is 37.7 Å². The number of benzene rings is 1. The van der Waals surface area contributed by atoms with Crippen molar-refractivity contribution >= 4 is 23.2 Å². The molecule has 88 valence electrons. The summed E-state index contributed by atoms with van der Waals surface area (Å²) in [6.07, 6.45) is 5.08. The van der Waals surface area contributed by atoms with Crippen molar-refractivity contribution in [2.75, 3.05) is 7.11 Å². The molecular formula is C13H16Cl2O. The third-order valence-electron chi connectivity index (χ3n) is 3.42. The lowest BCUT2D eigenvalue weighted by Gasteiger charge is -2.28. The highest BCUT2D eigenvalue weighted by Gasteiger charge is 2.22. The van der Waals surface area contributed by atoms with Crippen molar-refractivity contribution in [2.24, 2.45) is 0 Å². The van der Waals surface area contributed by atoms with Gasteiger partial charge in [-0.1, -0.05) is 29.3 Å². The van der Waals surface area contributed by atoms with Gasteiger partial charge in [0.2, 0.25) is 0 Å². The Morgan fingerprint density at radius 2 is 1.75 bits per heavy atom. The first-order chi connectivity index (χ1) is 7.70. The molecule has 1 saturated carbocycles. The van der Waals surface area contributed by atoms with Gasteiger partial charge in [0.15, 0.2) is 0 Å². The van der Waals surface area contributed by atoms with Crippen LogP contribution < -0.4 is 0 Å². The molecule has 1 fully saturated rings. The summed E-state index contributed by atoms with van der Waals surface area (Å²) in [6.45, 7) is 0. The zero-order chi connectivity index (χ0) is 11.5. The molecule has 0 bridgehead atoms. The van der Waals surface area contributed by atoms with Crippen LogP contribution in [0.5, 0.6) is 0 Å². The molecule has 0 unspecified atom stereocenters. The van der Waals surface area contributed by atoms with Crippen LogP contribution in [-0.4, -0.2) is 13.2 Å². The molecule has 0 radical (unpaired) electrons. The zero-order valence-corrected chi connectivity index (χ0v) is 10.9. The Bertz CT molecular complexity index is 357. The van der Waals surface area contributed by atoms with E-state index < -0.39 is 0 Å². The summed E-state index contributed by atoms with van der Waals surface area (Å²) in [5, 5.41) is 1.30. The maximum Gasteiger partial charge on any atom is 0.0595 e. The van der Waals surface area contributed by atoms with Crippen molar-refractivity contribution in [1.29, 1.82) is 0 Å². The summed E-state index contributed by atoms with van der Waals surface area (Å²) in [4.78, 5) is 0. The van der Waals surface area contributed by atoms with Crippen LogP contribution in [0.2, 0.25) is 10.0 Å². The van der Waals surface area contributed by atoms with E-state index in [2.05, 4.69) is 6.07 Å². The smallest absolute Gasteiger partial charge is 0.0595 e. The fraction of sp³-hybridized carbons (Fsp3) is 0.538. The lowest BCUT2D eigenvalue weighted by Crippen LogP contribution is -2.19. The minimum absolute atomic E-state index is 0.444. The van der Waals surface area contributed by atoms with Gasteiger partial charge in [0.05, 0.1) is 16.1 Å². The second-order valence-corrected chi connectivity index (χ2v) is 5.20. The number of methoxy groups -OCH3 is 1. The van der Waals surface area contributed by atoms with Crippen molar-refractivity contribution in [3.63, 3.8) is 0 Å². The first-order valence-electron chi connectivity index (χ1n) is 5.68. The number of halogens is 2. The van der Waals surface area contributed by atoms with E-state index in [1.807, 2.05) is 12.1 Å². The molecular weight excluding hydrogens is 243 g/mol. The van der Waals surface area contributed by atoms with Crippen LogP contribution in [0.3, 0.4) is 0 Å². The van der Waals surface area contributed by atoms with Gasteiger partial charge in [-0.15, -0.1) is 0 Å². The van der Waals surface area contributed by atoms with Gasteiger partial charge in [0, 0.05) is 7.11 Å². The maximum atomic E-state index is 6.03. The summed E-state index contributed by atoms with van der Waals surface area (Å²) in [5.41, 5.74) is 1.31. The molecule has 0 saturated heterocycles. The summed E-state index contributed by atoms with van der Waals surface area (Å²) < 4.78 is 5.37. The van der Waals surface area contributed by atoms with Gasteiger partial charge in [0.1, 0.15) is 0 Å². The topological polar surface area (TPSA) is 9.23 Å². The van der Waals surface area contributed by atoms with Crippen molar-refractivity contribution in [3.8, 4) is 0 Å². The van der Waals surface area contributed by atoms with Gasteiger partial charge >= 0.3 is 0 Å². The average Bonchev–Trinajstić information content (AvgIpc) is 2.33. The normalized spacial score (nSPS) is 25.7. The summed E-state index contributed by atoms with van der Waals surface area (Å²) in [5.74, 6) is 0.612. The molecule has 1 aliphatic carbocycles. The number of rotatable bonds is 2. The number of hydrogen-bond donors (Lipinski definition) is 0. The lowest BCUT2D eigenvalue weighted by atomic mass is 9.83. The minimum Gasteiger partial charge on any atom is -0.381 e. The summed E-state index contributed by atoms with van der Waals surface area (Å²) in [6, 6.07) is 5.98. The van der Waals surface area contributed by atoms with Crippen molar-refractivity contribution < 1.29 is 4.74 Å². The lowest BCUT2D eigenvalue weighted by molar-refractivity contribution is 0.0659. The van der Waals surface area contributed by atoms with E-state index in [9.17, 15) is 0 Å². The minimum atomic E-state index is 0.444. The van der Waals surface area contributed by atoms with Gasteiger partial charge in [-0.3, -0.25) is 0 Å². The molecule has 0 aliphatic heterocycles. The molecule has 1 nitrogen and oxygen atoms in total. The van der Waals surface area contributed by atoms with Crippen LogP contribution in [0.15, 0.2) is 18.2 Å². The molecule has 1 aromatic carbocycles. The van der Waals surface area contributed by atoms with E-state index in [1.54, 1.807) is 7.11 Å². The second kappa shape index (κ2) is 5.39. The molecule has 1 aliphatic rings. The van der Waals surface area contributed by atoms with E-state index in [1.165, 1.54) is 18.4 Å². The first kappa shape index (κ1) is 12.2. The van der Waals surface area contributed by atoms with Crippen LogP contribution in [0, 0.1) is 0 Å². The number of hydrogen-bond acceptors (Lipinski definition) is 1. The molecule has 1 aromatic rings. The predicted molar refractivity (Wildman–Crippen MR) is 68.5 cm³/mol. The third-order valence-corrected chi connectivity index (χ3v) is 4.16. The van der Waals surface area contributed by atoms with E-state index in [0.29, 0.717) is 22.1 Å². The SMILES string of the molecule is COC1CCC(c2ccc(Cl)c(Cl)c2)CC1. The Hall–Kier alpha value is -0.240. The van der Waals surface area contributed by atoms with Gasteiger partial charge in [-0.05, 0) is 49.3 Å².